The maximum Gasteiger partial charge on any atom is 0.419 e. The Bertz CT molecular complexity index is 308. The van der Waals surface area contributed by atoms with E-state index in [2.05, 4.69) is 9.53 Å². The minimum atomic E-state index is -1.36. The van der Waals surface area contributed by atoms with Gasteiger partial charge in [0, 0.05) is 0 Å². The second-order valence-electron chi connectivity index (χ2n) is 2.70. The zero-order valence-corrected chi connectivity index (χ0v) is 7.95. The average molecular weight is 217 g/mol. The van der Waals surface area contributed by atoms with Gasteiger partial charge in [-0.3, -0.25) is 4.79 Å². The monoisotopic (exact) mass is 217 g/mol. The summed E-state index contributed by atoms with van der Waals surface area (Å²) in [7, 11) is 0. The summed E-state index contributed by atoms with van der Waals surface area (Å²) in [6.07, 6.45) is -1.32. The summed E-state index contributed by atoms with van der Waals surface area (Å²) in [5, 5.41) is 17.3. The molecule has 0 aliphatic carbocycles. The molecule has 0 aliphatic heterocycles. The molecule has 0 spiro atoms. The maximum absolute atomic E-state index is 11.0. The third kappa shape index (κ3) is 4.32. The topological polar surface area (TPSA) is 146 Å². The summed E-state index contributed by atoms with van der Waals surface area (Å²) in [6, 6.07) is -1.36. The van der Waals surface area contributed by atoms with Crippen molar-refractivity contribution in [2.24, 2.45) is 5.73 Å². The Labute approximate surface area is 84.9 Å². The zero-order chi connectivity index (χ0) is 12.0. The summed E-state index contributed by atoms with van der Waals surface area (Å²) in [6.45, 7) is 0.618. The molecule has 0 saturated heterocycles. The largest absolute Gasteiger partial charge is 0.480 e. The molecule has 84 valence electrons. The van der Waals surface area contributed by atoms with Crippen molar-refractivity contribution in [2.45, 2.75) is 19.1 Å². The molecule has 0 heterocycles. The van der Waals surface area contributed by atoms with Crippen LogP contribution in [0.15, 0.2) is 0 Å². The minimum Gasteiger partial charge on any atom is -0.480 e. The summed E-state index contributed by atoms with van der Waals surface area (Å²) < 4.78 is 4.38. The number of carboxylic acid groups (broad SMARTS) is 1. The van der Waals surface area contributed by atoms with Gasteiger partial charge in [-0.15, -0.1) is 0 Å². The smallest absolute Gasteiger partial charge is 0.419 e. The predicted molar refractivity (Wildman–Crippen MR) is 46.9 cm³/mol. The van der Waals surface area contributed by atoms with Crippen LogP contribution in [0.1, 0.15) is 6.92 Å². The molecule has 0 bridgehead atoms. The normalized spacial score (nSPS) is 13.5. The Morgan fingerprint density at radius 1 is 1.60 bits per heavy atom. The van der Waals surface area contributed by atoms with Crippen LogP contribution in [0.5, 0.6) is 0 Å². The number of aliphatic hydroxyl groups excluding tert-OH is 1. The van der Waals surface area contributed by atoms with Crippen molar-refractivity contribution < 1.29 is 29.3 Å². The molecule has 0 radical (unpaired) electrons. The second-order valence-corrected chi connectivity index (χ2v) is 2.70. The van der Waals surface area contributed by atoms with E-state index < -0.39 is 36.4 Å². The minimum absolute atomic E-state index is 0.570. The van der Waals surface area contributed by atoms with Crippen LogP contribution in [0.25, 0.3) is 5.53 Å². The van der Waals surface area contributed by atoms with Gasteiger partial charge in [0.15, 0.2) is 6.10 Å². The van der Waals surface area contributed by atoms with Gasteiger partial charge < -0.3 is 26.2 Å². The molecule has 0 amide bonds. The molecule has 0 saturated carbocycles. The van der Waals surface area contributed by atoms with Gasteiger partial charge in [0.05, 0.1) is 0 Å². The number of rotatable bonds is 5. The Hall–Kier alpha value is -1.76. The van der Waals surface area contributed by atoms with Gasteiger partial charge in [0.2, 0.25) is 0 Å². The second kappa shape index (κ2) is 5.86. The van der Waals surface area contributed by atoms with E-state index in [-0.39, 0.29) is 0 Å². The molecule has 1 unspecified atom stereocenters. The molecule has 0 aliphatic rings. The van der Waals surface area contributed by atoms with E-state index in [1.54, 1.807) is 0 Å². The molecule has 0 aromatic rings. The lowest BCUT2D eigenvalue weighted by atomic mass is 10.2. The van der Waals surface area contributed by atoms with Crippen molar-refractivity contribution in [3.8, 4) is 0 Å². The molecule has 0 aromatic heterocycles. The van der Waals surface area contributed by atoms with Gasteiger partial charge in [-0.2, -0.15) is 4.79 Å². The van der Waals surface area contributed by atoms with Crippen molar-refractivity contribution in [3.05, 3.63) is 5.53 Å². The van der Waals surface area contributed by atoms with Gasteiger partial charge in [-0.05, 0) is 6.92 Å². The SMILES string of the molecule is CC(O)C(=[N+]=[N-])C(=O)OC[C@H](N)C(=O)O. The van der Waals surface area contributed by atoms with Crippen molar-refractivity contribution >= 4 is 17.7 Å². The quantitative estimate of drug-likeness (QED) is 0.210. The summed E-state index contributed by atoms with van der Waals surface area (Å²) >= 11 is 0. The summed E-state index contributed by atoms with van der Waals surface area (Å²) in [4.78, 5) is 23.8. The van der Waals surface area contributed by atoms with Gasteiger partial charge in [0.25, 0.3) is 0 Å². The Morgan fingerprint density at radius 3 is 2.47 bits per heavy atom. The average Bonchev–Trinajstić information content (AvgIpc) is 2.14. The Morgan fingerprint density at radius 2 is 2.13 bits per heavy atom. The molecule has 2 atom stereocenters. The maximum atomic E-state index is 11.0. The van der Waals surface area contributed by atoms with E-state index in [0.717, 1.165) is 0 Å². The van der Waals surface area contributed by atoms with Crippen molar-refractivity contribution in [2.75, 3.05) is 6.61 Å². The van der Waals surface area contributed by atoms with Crippen molar-refractivity contribution in [3.63, 3.8) is 0 Å². The third-order valence-corrected chi connectivity index (χ3v) is 1.42. The first-order chi connectivity index (χ1) is 6.90. The summed E-state index contributed by atoms with van der Waals surface area (Å²) in [5.74, 6) is -2.45. The van der Waals surface area contributed by atoms with Crippen LogP contribution in [0.2, 0.25) is 0 Å². The lowest BCUT2D eigenvalue weighted by molar-refractivity contribution is -0.146. The Balaban J connectivity index is 4.27. The van der Waals surface area contributed by atoms with Gasteiger partial charge in [0.1, 0.15) is 12.6 Å². The van der Waals surface area contributed by atoms with Crippen LogP contribution in [-0.4, -0.2) is 51.4 Å². The van der Waals surface area contributed by atoms with E-state index in [0.29, 0.717) is 0 Å². The highest BCUT2D eigenvalue weighted by molar-refractivity contribution is 6.35. The van der Waals surface area contributed by atoms with E-state index in [1.165, 1.54) is 6.92 Å². The van der Waals surface area contributed by atoms with E-state index in [1.807, 2.05) is 0 Å². The van der Waals surface area contributed by atoms with Crippen LogP contribution in [0, 0.1) is 0 Å². The molecule has 0 rings (SSSR count). The first kappa shape index (κ1) is 13.2. The van der Waals surface area contributed by atoms with E-state index in [4.69, 9.17) is 21.5 Å². The molecule has 15 heavy (non-hydrogen) atoms. The standard InChI is InChI=1S/C7H11N3O5/c1-3(11)5(10-9)7(14)15-2-4(8)6(12)13/h3-4,11H,2,8H2,1H3,(H,12,13)/t3?,4-/m0/s1. The van der Waals surface area contributed by atoms with Crippen LogP contribution in [-0.2, 0) is 14.3 Å². The van der Waals surface area contributed by atoms with Gasteiger partial charge in [-0.1, -0.05) is 0 Å². The fourth-order valence-electron chi connectivity index (χ4n) is 0.606. The number of nitrogens with two attached hydrogens (primary N) is 1. The highest BCUT2D eigenvalue weighted by atomic mass is 16.5. The predicted octanol–water partition coefficient (Wildman–Crippen LogP) is -2.01. The van der Waals surface area contributed by atoms with Gasteiger partial charge in [-0.25, -0.2) is 4.79 Å². The van der Waals surface area contributed by atoms with Crippen LogP contribution >= 0.6 is 0 Å². The van der Waals surface area contributed by atoms with E-state index >= 15 is 0 Å². The molecular formula is C7H11N3O5. The fraction of sp³-hybridized carbons (Fsp3) is 0.571. The zero-order valence-electron chi connectivity index (χ0n) is 7.95. The number of hydrogen-bond donors (Lipinski definition) is 3. The van der Waals surface area contributed by atoms with Crippen molar-refractivity contribution in [1.82, 2.24) is 0 Å². The molecular weight excluding hydrogens is 206 g/mol. The molecule has 4 N–H and O–H groups in total. The molecule has 0 fully saturated rings. The van der Waals surface area contributed by atoms with Crippen molar-refractivity contribution in [1.29, 1.82) is 0 Å². The number of carbonyl (C=O) groups excluding carboxylic acids is 1. The number of aliphatic carboxylic acids is 1. The molecule has 8 heteroatoms. The number of aliphatic hydroxyl groups is 1. The number of carboxylic acids is 1. The van der Waals surface area contributed by atoms with Crippen LogP contribution in [0.3, 0.4) is 0 Å². The Kier molecular flexibility index (Phi) is 5.18. The fourth-order valence-corrected chi connectivity index (χ4v) is 0.606. The highest BCUT2D eigenvalue weighted by Gasteiger charge is 2.28. The number of ether oxygens (including phenoxy) is 1. The third-order valence-electron chi connectivity index (χ3n) is 1.42. The first-order valence-corrected chi connectivity index (χ1v) is 3.95. The molecule has 0 aromatic carbocycles. The first-order valence-electron chi connectivity index (χ1n) is 3.95. The number of hydrogen-bond acceptors (Lipinski definition) is 5. The lowest BCUT2D eigenvalue weighted by Gasteiger charge is -2.06. The van der Waals surface area contributed by atoms with Gasteiger partial charge >= 0.3 is 17.7 Å². The summed E-state index contributed by atoms with van der Waals surface area (Å²) in [5.41, 5.74) is 12.7. The number of esters is 1. The van der Waals surface area contributed by atoms with Crippen LogP contribution < -0.4 is 5.73 Å². The lowest BCUT2D eigenvalue weighted by Crippen LogP contribution is -2.38. The van der Waals surface area contributed by atoms with Crippen LogP contribution in [0.4, 0.5) is 0 Å². The number of carbonyl (C=O) groups is 2. The number of nitrogens with zero attached hydrogens (tertiary/aromatic N) is 2. The molecule has 8 nitrogen and oxygen atoms in total. The van der Waals surface area contributed by atoms with E-state index in [9.17, 15) is 9.59 Å². The highest BCUT2D eigenvalue weighted by Crippen LogP contribution is 1.90.